The van der Waals surface area contributed by atoms with E-state index in [1.165, 1.54) is 0 Å². The molecule has 4 aliphatic carbocycles. The van der Waals surface area contributed by atoms with E-state index < -0.39 is 104 Å². The lowest BCUT2D eigenvalue weighted by Crippen LogP contribution is -2.87. The minimum absolute atomic E-state index is 0.297. The van der Waals surface area contributed by atoms with Crippen LogP contribution < -0.4 is 41.5 Å². The van der Waals surface area contributed by atoms with E-state index in [9.17, 15) is 16.5 Å². The maximum Gasteiger partial charge on any atom is 0.519 e. The third-order valence-electron chi connectivity index (χ3n) is 26.3. The molecule has 7 saturated heterocycles. The van der Waals surface area contributed by atoms with Crippen LogP contribution in [-0.4, -0.2) is 160 Å². The SMILES string of the molecule is CO[Si](O[Si](C)(C)CCC1CCC2OC2C1)(O[Si]1(c2ccccc2)O[Si](O[Si](C)(C)CCC2CCC3OC3C2)(c2ccccc2)O[SiH](c2ccccc2)O[Si]2(c3ccccc3)O[Si](O[Si](C)(C)CCC3CCC4OC4C3)(c3ccccc3)O[Si](c3ccccc3)(O[Si](O[Si](C)(C)CCC3CCC4OC4C3)(c3ccccc3)O2)O1)c1ccccc1. The highest BCUT2D eigenvalue weighted by Crippen LogP contribution is 2.49. The fourth-order valence-electron chi connectivity index (χ4n) is 19.5. The van der Waals surface area contributed by atoms with Crippen molar-refractivity contribution in [2.45, 2.75) is 228 Å². The maximum absolute atomic E-state index is 9.45. The number of epoxide rings is 4. The van der Waals surface area contributed by atoms with E-state index in [2.05, 4.69) is 174 Å². The van der Waals surface area contributed by atoms with Gasteiger partial charge < -0.3 is 76.9 Å². The first-order valence-corrected chi connectivity index (χ1v) is 70.2. The van der Waals surface area contributed by atoms with Crippen molar-refractivity contribution in [3.8, 4) is 0 Å². The Labute approximate surface area is 718 Å². The average molecular weight is 1810 g/mol. The quantitative estimate of drug-likeness (QED) is 0.0295. The van der Waals surface area contributed by atoms with Gasteiger partial charge in [-0.1, -0.05) is 268 Å². The van der Waals surface area contributed by atoms with Gasteiger partial charge >= 0.3 is 70.9 Å². The molecule has 11 fully saturated rings. The number of fused-ring (bicyclic) bond motifs is 14. The molecule has 0 spiro atoms. The Morgan fingerprint density at radius 2 is 0.580 bits per heavy atom. The minimum atomic E-state index is -5.54. The second kappa shape index (κ2) is 35.1. The zero-order valence-electron chi connectivity index (χ0n) is 70.6. The summed E-state index contributed by atoms with van der Waals surface area (Å²) < 4.78 is 149. The number of benzene rings is 8. The van der Waals surface area contributed by atoms with E-state index in [0.717, 1.165) is 132 Å². The van der Waals surface area contributed by atoms with E-state index in [1.54, 1.807) is 7.11 Å². The molecule has 18 nitrogen and oxygen atoms in total. The first-order valence-electron chi connectivity index (χ1n) is 44.1. The van der Waals surface area contributed by atoms with Crippen LogP contribution in [0.5, 0.6) is 0 Å². The van der Waals surface area contributed by atoms with Crippen LogP contribution in [-0.2, 0) is 76.9 Å². The van der Waals surface area contributed by atoms with Crippen molar-refractivity contribution in [1.29, 1.82) is 0 Å². The molecule has 119 heavy (non-hydrogen) atoms. The summed E-state index contributed by atoms with van der Waals surface area (Å²) in [6, 6.07) is 85.5. The van der Waals surface area contributed by atoms with E-state index in [-0.39, 0.29) is 0 Å². The van der Waals surface area contributed by atoms with Crippen molar-refractivity contribution in [3.63, 3.8) is 0 Å². The summed E-state index contributed by atoms with van der Waals surface area (Å²) in [5.41, 5.74) is 0. The van der Waals surface area contributed by atoms with Gasteiger partial charge in [0, 0.05) is 43.4 Å². The molecule has 0 aromatic heterocycles. The molecular formula is C89H120O18Si12. The van der Waals surface area contributed by atoms with Crippen LogP contribution in [0, 0.1) is 23.7 Å². The summed E-state index contributed by atoms with van der Waals surface area (Å²) in [5.74, 6) is 1.78. The first kappa shape index (κ1) is 85.4. The summed E-state index contributed by atoms with van der Waals surface area (Å²) in [6.07, 6.45) is 19.1. The van der Waals surface area contributed by atoms with Crippen LogP contribution in [0.3, 0.4) is 0 Å². The molecule has 19 rings (SSSR count). The number of hydrogen-bond donors (Lipinski definition) is 0. The van der Waals surface area contributed by atoms with Crippen molar-refractivity contribution in [1.82, 2.24) is 0 Å². The molecule has 8 aromatic carbocycles. The Hall–Kier alpha value is -4.36. The summed E-state index contributed by atoms with van der Waals surface area (Å²) in [6.45, 7) is 18.6. The Morgan fingerprint density at radius 3 is 0.924 bits per heavy atom. The van der Waals surface area contributed by atoms with Crippen LogP contribution >= 0.6 is 0 Å². The smallest absolute Gasteiger partial charge is 0.413 e. The number of ether oxygens (including phenoxy) is 4. The fourth-order valence-corrected chi connectivity index (χ4v) is 76.9. The molecule has 18 unspecified atom stereocenters. The first-order chi connectivity index (χ1) is 57.4. The second-order valence-corrected chi connectivity index (χ2v) is 78.0. The molecular weight excluding hydrogens is 1690 g/mol. The van der Waals surface area contributed by atoms with Gasteiger partial charge in [-0.3, -0.25) is 0 Å². The van der Waals surface area contributed by atoms with E-state index in [1.807, 2.05) is 121 Å². The highest BCUT2D eigenvalue weighted by molar-refractivity contribution is 7.09. The topological polar surface area (TPSA) is 179 Å². The van der Waals surface area contributed by atoms with Crippen LogP contribution in [0.25, 0.3) is 0 Å². The Bertz CT molecular complexity index is 4580. The van der Waals surface area contributed by atoms with Crippen molar-refractivity contribution in [3.05, 3.63) is 243 Å². The van der Waals surface area contributed by atoms with Gasteiger partial charge in [0.1, 0.15) is 0 Å². The molecule has 2 bridgehead atoms. The average Bonchev–Trinajstić information content (AvgIpc) is 1.43. The molecule has 11 aliphatic rings. The van der Waals surface area contributed by atoms with Gasteiger partial charge in [-0.15, -0.1) is 0 Å². The Balaban J connectivity index is 0.943. The summed E-state index contributed by atoms with van der Waals surface area (Å²) in [7, 11) is -50.8. The lowest BCUT2D eigenvalue weighted by atomic mass is 9.88. The van der Waals surface area contributed by atoms with Crippen LogP contribution in [0.4, 0.5) is 0 Å². The van der Waals surface area contributed by atoms with Crippen molar-refractivity contribution >= 4 is 146 Å². The lowest BCUT2D eigenvalue weighted by molar-refractivity contribution is 0.0749. The molecule has 18 atom stereocenters. The Kier molecular flexibility index (Phi) is 25.2. The zero-order chi connectivity index (χ0) is 81.8. The summed E-state index contributed by atoms with van der Waals surface area (Å²) >= 11 is 0. The van der Waals surface area contributed by atoms with E-state index >= 15 is 0 Å². The zero-order valence-corrected chi connectivity index (χ0v) is 82.7. The van der Waals surface area contributed by atoms with Gasteiger partial charge in [0.05, 0.1) is 48.8 Å². The fraction of sp³-hybridized carbons (Fsp3) is 0.461. The summed E-state index contributed by atoms with van der Waals surface area (Å²) in [4.78, 5) is 0. The number of hydrogen-bond acceptors (Lipinski definition) is 18. The normalized spacial score (nSPS) is 34.3. The largest absolute Gasteiger partial charge is 0.519 e. The Morgan fingerprint density at radius 1 is 0.294 bits per heavy atom. The predicted octanol–water partition coefficient (Wildman–Crippen LogP) is 13.6. The predicted molar refractivity (Wildman–Crippen MR) is 489 cm³/mol. The molecule has 7 aliphatic heterocycles. The van der Waals surface area contributed by atoms with Crippen molar-refractivity contribution in [2.75, 3.05) is 7.11 Å². The van der Waals surface area contributed by atoms with Crippen molar-refractivity contribution in [2.24, 2.45) is 23.7 Å². The molecule has 632 valence electrons. The third-order valence-corrected chi connectivity index (χ3v) is 73.5. The van der Waals surface area contributed by atoms with E-state index in [0.29, 0.717) is 109 Å². The van der Waals surface area contributed by atoms with Crippen LogP contribution in [0.15, 0.2) is 243 Å². The summed E-state index contributed by atoms with van der Waals surface area (Å²) in [5, 5.41) is 5.20. The number of rotatable bonds is 31. The van der Waals surface area contributed by atoms with Gasteiger partial charge in [0.2, 0.25) is 0 Å². The molecule has 7 heterocycles. The monoisotopic (exact) mass is 1810 g/mol. The van der Waals surface area contributed by atoms with Crippen molar-refractivity contribution < 1.29 is 76.9 Å². The lowest BCUT2D eigenvalue weighted by Gasteiger charge is -2.55. The molecule has 0 N–H and O–H groups in total. The van der Waals surface area contributed by atoms with Crippen LogP contribution in [0.2, 0.25) is 76.6 Å². The molecule has 0 amide bonds. The second-order valence-electron chi connectivity index (χ2n) is 37.5. The standard InChI is InChI=1S/C89H120O18Si12/c1-90-113(75-36-20-11-21-37-75,97-109(2,3)62-58-70-50-54-82-86(66-70)91-82)101-118(80-46-30-16-31-47-80)102-114(76-38-22-12-23-39-76,98-110(4,5)63-59-71-51-55-83-87(67-71)92-83)95-108(74-34-18-10-19-35-74)96-115(77-40-24-13-25-41-77)103-116(78-42-26-14-27-43-78,99-111(6,7)64-60-72-52-56-84-88(68-72)93-84)105-119(107-118,81-48-32-17-33-49-81)106-117(104-115,79-44-28-15-29-45-79)100-112(8,9)65-61-73-53-57-85-89(69-73)94-85/h10-49,70-73,82-89,108H,50-69H2,1-9H3. The minimum Gasteiger partial charge on any atom is -0.413 e. The van der Waals surface area contributed by atoms with Gasteiger partial charge in [-0.25, -0.2) is 0 Å². The maximum atomic E-state index is 9.45. The molecule has 30 heteroatoms. The third kappa shape index (κ3) is 19.6. The van der Waals surface area contributed by atoms with E-state index in [4.69, 9.17) is 60.4 Å². The highest BCUT2D eigenvalue weighted by Gasteiger charge is 2.77. The molecule has 0 radical (unpaired) electrons. The van der Waals surface area contributed by atoms with Gasteiger partial charge in [0.25, 0.3) is 0 Å². The van der Waals surface area contributed by atoms with Gasteiger partial charge in [-0.2, -0.15) is 0 Å². The molecule has 4 saturated carbocycles. The van der Waals surface area contributed by atoms with Gasteiger partial charge in [-0.05, 0) is 182 Å². The van der Waals surface area contributed by atoms with Crippen LogP contribution in [0.1, 0.15) is 103 Å². The molecule has 8 aromatic rings. The van der Waals surface area contributed by atoms with Gasteiger partial charge in [0.15, 0.2) is 33.3 Å². The highest BCUT2D eigenvalue weighted by atomic mass is 28.6.